The summed E-state index contributed by atoms with van der Waals surface area (Å²) in [6.45, 7) is 5.10. The highest BCUT2D eigenvalue weighted by Gasteiger charge is 2.41. The maximum atomic E-state index is 5.68. The molecular formula is C13H24N2O. The van der Waals surface area contributed by atoms with E-state index in [2.05, 4.69) is 10.2 Å². The van der Waals surface area contributed by atoms with Gasteiger partial charge in [0.05, 0.1) is 6.10 Å². The van der Waals surface area contributed by atoms with Crippen molar-refractivity contribution in [3.8, 4) is 0 Å². The average molecular weight is 224 g/mol. The third-order valence-electron chi connectivity index (χ3n) is 4.86. The van der Waals surface area contributed by atoms with E-state index >= 15 is 0 Å². The molecule has 0 aromatic carbocycles. The molecule has 3 fully saturated rings. The summed E-state index contributed by atoms with van der Waals surface area (Å²) in [4.78, 5) is 2.73. The van der Waals surface area contributed by atoms with Gasteiger partial charge in [0.25, 0.3) is 0 Å². The molecule has 2 saturated heterocycles. The van der Waals surface area contributed by atoms with Crippen LogP contribution in [0.1, 0.15) is 25.7 Å². The molecule has 0 bridgehead atoms. The van der Waals surface area contributed by atoms with Gasteiger partial charge in [-0.05, 0) is 37.8 Å². The topological polar surface area (TPSA) is 24.5 Å². The van der Waals surface area contributed by atoms with Gasteiger partial charge in [-0.2, -0.15) is 0 Å². The van der Waals surface area contributed by atoms with Gasteiger partial charge in [-0.15, -0.1) is 0 Å². The first-order valence-corrected chi connectivity index (χ1v) is 6.86. The maximum absolute atomic E-state index is 5.68. The minimum absolute atomic E-state index is 0.500. The smallest absolute Gasteiger partial charge is 0.0726 e. The molecule has 0 radical (unpaired) electrons. The number of nitrogens with one attached hydrogen (secondary N) is 1. The summed E-state index contributed by atoms with van der Waals surface area (Å²) in [6.07, 6.45) is 5.88. The number of hydrogen-bond acceptors (Lipinski definition) is 3. The first kappa shape index (κ1) is 11.0. The van der Waals surface area contributed by atoms with E-state index in [4.69, 9.17) is 4.74 Å². The summed E-state index contributed by atoms with van der Waals surface area (Å²) in [6, 6.07) is 0.712. The molecule has 3 heteroatoms. The molecule has 1 saturated carbocycles. The fourth-order valence-electron chi connectivity index (χ4n) is 3.93. The molecule has 2 aliphatic heterocycles. The molecule has 0 aromatic heterocycles. The normalized spacial score (nSPS) is 44.8. The number of ether oxygens (including phenoxy) is 1. The van der Waals surface area contributed by atoms with Crippen LogP contribution in [0.2, 0.25) is 0 Å². The van der Waals surface area contributed by atoms with Crippen LogP contribution in [0.15, 0.2) is 0 Å². The van der Waals surface area contributed by atoms with E-state index in [1.54, 1.807) is 0 Å². The summed E-state index contributed by atoms with van der Waals surface area (Å²) in [5.41, 5.74) is 0. The molecule has 1 aliphatic carbocycles. The van der Waals surface area contributed by atoms with Gasteiger partial charge in [0.15, 0.2) is 0 Å². The average Bonchev–Trinajstić information content (AvgIpc) is 2.89. The summed E-state index contributed by atoms with van der Waals surface area (Å²) >= 11 is 0. The van der Waals surface area contributed by atoms with Crippen LogP contribution in [0, 0.1) is 11.8 Å². The fourth-order valence-corrected chi connectivity index (χ4v) is 3.93. The van der Waals surface area contributed by atoms with E-state index in [1.807, 2.05) is 7.11 Å². The van der Waals surface area contributed by atoms with E-state index in [0.717, 1.165) is 11.8 Å². The monoisotopic (exact) mass is 224 g/mol. The Kier molecular flexibility index (Phi) is 3.18. The van der Waals surface area contributed by atoms with Crippen molar-refractivity contribution in [1.29, 1.82) is 0 Å². The number of nitrogens with zero attached hydrogens (tertiary/aromatic N) is 1. The molecule has 92 valence electrons. The largest absolute Gasteiger partial charge is 0.380 e. The minimum Gasteiger partial charge on any atom is -0.380 e. The van der Waals surface area contributed by atoms with Crippen LogP contribution in [0.4, 0.5) is 0 Å². The Hall–Kier alpha value is -0.120. The number of fused-ring (bicyclic) bond motifs is 1. The Morgan fingerprint density at radius 2 is 1.75 bits per heavy atom. The molecule has 3 aliphatic rings. The van der Waals surface area contributed by atoms with Crippen LogP contribution in [0.3, 0.4) is 0 Å². The molecule has 16 heavy (non-hydrogen) atoms. The van der Waals surface area contributed by atoms with Crippen molar-refractivity contribution in [2.45, 2.75) is 37.8 Å². The van der Waals surface area contributed by atoms with E-state index in [1.165, 1.54) is 51.9 Å². The van der Waals surface area contributed by atoms with Gasteiger partial charge in [-0.25, -0.2) is 0 Å². The predicted molar refractivity (Wildman–Crippen MR) is 64.5 cm³/mol. The van der Waals surface area contributed by atoms with Gasteiger partial charge < -0.3 is 10.1 Å². The molecule has 0 amide bonds. The summed E-state index contributed by atoms with van der Waals surface area (Å²) in [5.74, 6) is 1.83. The summed E-state index contributed by atoms with van der Waals surface area (Å²) in [5, 5.41) is 3.52. The van der Waals surface area contributed by atoms with Gasteiger partial charge in [-0.3, -0.25) is 4.90 Å². The SMILES string of the molecule is COC1CCCCC1N1C[C@H]2CNC[C@H]2C1. The highest BCUT2D eigenvalue weighted by Crippen LogP contribution is 2.33. The van der Waals surface area contributed by atoms with Crippen molar-refractivity contribution in [2.24, 2.45) is 11.8 Å². The zero-order valence-corrected chi connectivity index (χ0v) is 10.3. The van der Waals surface area contributed by atoms with Gasteiger partial charge in [0.1, 0.15) is 0 Å². The molecule has 1 N–H and O–H groups in total. The maximum Gasteiger partial charge on any atom is 0.0726 e. The molecule has 3 rings (SSSR count). The molecular weight excluding hydrogens is 200 g/mol. The van der Waals surface area contributed by atoms with Crippen molar-refractivity contribution in [2.75, 3.05) is 33.3 Å². The second-order valence-corrected chi connectivity index (χ2v) is 5.76. The second-order valence-electron chi connectivity index (χ2n) is 5.76. The van der Waals surface area contributed by atoms with Crippen molar-refractivity contribution < 1.29 is 4.74 Å². The standard InChI is InChI=1S/C13H24N2O/c1-16-13-5-3-2-4-12(13)15-8-10-6-14-7-11(10)9-15/h10-14H,2-9H2,1H3/t10-,11+,12?,13?. The first-order valence-electron chi connectivity index (χ1n) is 6.86. The molecule has 2 heterocycles. The van der Waals surface area contributed by atoms with Crippen molar-refractivity contribution in [1.82, 2.24) is 10.2 Å². The van der Waals surface area contributed by atoms with E-state index in [0.29, 0.717) is 12.1 Å². The number of rotatable bonds is 2. The Morgan fingerprint density at radius 1 is 1.06 bits per heavy atom. The van der Waals surface area contributed by atoms with Gasteiger partial charge >= 0.3 is 0 Å². The Labute approximate surface area is 98.5 Å². The predicted octanol–water partition coefficient (Wildman–Crippen LogP) is 1.10. The zero-order valence-electron chi connectivity index (χ0n) is 10.3. The van der Waals surface area contributed by atoms with Gasteiger partial charge in [0.2, 0.25) is 0 Å². The van der Waals surface area contributed by atoms with Gasteiger partial charge in [-0.1, -0.05) is 12.8 Å². The van der Waals surface area contributed by atoms with E-state index in [-0.39, 0.29) is 0 Å². The van der Waals surface area contributed by atoms with Crippen LogP contribution in [-0.2, 0) is 4.74 Å². The fraction of sp³-hybridized carbons (Fsp3) is 1.00. The van der Waals surface area contributed by atoms with Crippen LogP contribution < -0.4 is 5.32 Å². The quantitative estimate of drug-likeness (QED) is 0.760. The van der Waals surface area contributed by atoms with E-state index < -0.39 is 0 Å². The number of methoxy groups -OCH3 is 1. The minimum atomic E-state index is 0.500. The zero-order chi connectivity index (χ0) is 11.0. The third-order valence-corrected chi connectivity index (χ3v) is 4.86. The first-order chi connectivity index (χ1) is 7.88. The second kappa shape index (κ2) is 4.63. The third kappa shape index (κ3) is 1.89. The molecule has 4 atom stereocenters. The van der Waals surface area contributed by atoms with Crippen LogP contribution >= 0.6 is 0 Å². The van der Waals surface area contributed by atoms with Crippen molar-refractivity contribution in [3.63, 3.8) is 0 Å². The van der Waals surface area contributed by atoms with Crippen molar-refractivity contribution in [3.05, 3.63) is 0 Å². The van der Waals surface area contributed by atoms with E-state index in [9.17, 15) is 0 Å². The lowest BCUT2D eigenvalue weighted by Gasteiger charge is -2.37. The lowest BCUT2D eigenvalue weighted by Crippen LogP contribution is -2.46. The summed E-state index contributed by atoms with van der Waals surface area (Å²) in [7, 11) is 1.89. The Morgan fingerprint density at radius 3 is 2.44 bits per heavy atom. The summed E-state index contributed by atoms with van der Waals surface area (Å²) < 4.78 is 5.68. The highest BCUT2D eigenvalue weighted by molar-refractivity contribution is 4.96. The highest BCUT2D eigenvalue weighted by atomic mass is 16.5. The van der Waals surface area contributed by atoms with Crippen LogP contribution in [0.5, 0.6) is 0 Å². The number of hydrogen-bond donors (Lipinski definition) is 1. The molecule has 2 unspecified atom stereocenters. The number of likely N-dealkylation sites (tertiary alicyclic amines) is 1. The van der Waals surface area contributed by atoms with Crippen LogP contribution in [0.25, 0.3) is 0 Å². The van der Waals surface area contributed by atoms with Crippen molar-refractivity contribution >= 4 is 0 Å². The lowest BCUT2D eigenvalue weighted by molar-refractivity contribution is -0.00516. The van der Waals surface area contributed by atoms with Crippen LogP contribution in [-0.4, -0.2) is 50.3 Å². The lowest BCUT2D eigenvalue weighted by atomic mass is 9.91. The molecule has 0 spiro atoms. The molecule has 3 nitrogen and oxygen atoms in total. The Balaban J connectivity index is 1.64. The Bertz CT molecular complexity index is 234. The molecule has 0 aromatic rings. The van der Waals surface area contributed by atoms with Gasteiger partial charge in [0, 0.05) is 26.2 Å².